The Morgan fingerprint density at radius 3 is 2.76 bits per heavy atom. The lowest BCUT2D eigenvalue weighted by Crippen LogP contribution is -2.52. The normalized spacial score (nSPS) is 33.5. The number of piperidine rings is 1. The number of likely N-dealkylation sites (N-methyl/N-ethyl adjacent to an activating group) is 1. The molecule has 3 atom stereocenters. The first-order chi connectivity index (χ1) is 8.31. The van der Waals surface area contributed by atoms with Gasteiger partial charge in [0.25, 0.3) is 0 Å². The van der Waals surface area contributed by atoms with E-state index < -0.39 is 0 Å². The molecule has 0 aromatic heterocycles. The Morgan fingerprint density at radius 2 is 2.06 bits per heavy atom. The summed E-state index contributed by atoms with van der Waals surface area (Å²) in [6.07, 6.45) is 8.45. The molecule has 0 aromatic rings. The van der Waals surface area contributed by atoms with E-state index in [1.807, 2.05) is 0 Å². The van der Waals surface area contributed by atoms with Crippen molar-refractivity contribution < 1.29 is 4.74 Å². The fraction of sp³-hybridized carbons (Fsp3) is 1.00. The van der Waals surface area contributed by atoms with Gasteiger partial charge in [0.15, 0.2) is 0 Å². The molecule has 3 nitrogen and oxygen atoms in total. The molecule has 2 aliphatic heterocycles. The minimum Gasteiger partial charge on any atom is -0.377 e. The highest BCUT2D eigenvalue weighted by Gasteiger charge is 2.28. The summed E-state index contributed by atoms with van der Waals surface area (Å²) in [5.74, 6) is 0. The number of nitrogens with zero attached hydrogens (tertiary/aromatic N) is 1. The van der Waals surface area contributed by atoms with Crippen LogP contribution in [0.4, 0.5) is 0 Å². The van der Waals surface area contributed by atoms with Gasteiger partial charge in [-0.2, -0.15) is 0 Å². The van der Waals surface area contributed by atoms with Crippen LogP contribution in [0.3, 0.4) is 0 Å². The van der Waals surface area contributed by atoms with Gasteiger partial charge in [-0.1, -0.05) is 6.42 Å². The van der Waals surface area contributed by atoms with Crippen molar-refractivity contribution in [2.45, 2.75) is 63.6 Å². The van der Waals surface area contributed by atoms with E-state index in [4.69, 9.17) is 4.74 Å². The van der Waals surface area contributed by atoms with Gasteiger partial charge >= 0.3 is 0 Å². The van der Waals surface area contributed by atoms with Gasteiger partial charge in [0, 0.05) is 25.2 Å². The van der Waals surface area contributed by atoms with Gasteiger partial charge in [-0.05, 0) is 52.6 Å². The standard InChI is InChI=1S/C14H28N2O/c1-12(15-2)14-8-3-5-9-16(14)11-13-7-4-6-10-17-13/h12-15H,3-11H2,1-2H3. The number of rotatable bonds is 4. The zero-order valence-electron chi connectivity index (χ0n) is 11.5. The Hall–Kier alpha value is -0.120. The van der Waals surface area contributed by atoms with Gasteiger partial charge in [0.05, 0.1) is 6.10 Å². The van der Waals surface area contributed by atoms with E-state index >= 15 is 0 Å². The van der Waals surface area contributed by atoms with Crippen LogP contribution in [0.5, 0.6) is 0 Å². The molecule has 2 fully saturated rings. The Bertz CT molecular complexity index is 216. The maximum atomic E-state index is 5.88. The van der Waals surface area contributed by atoms with Gasteiger partial charge in [-0.3, -0.25) is 4.90 Å². The number of likely N-dealkylation sites (tertiary alicyclic amines) is 1. The SMILES string of the molecule is CNC(C)C1CCCCN1CC1CCCCO1. The van der Waals surface area contributed by atoms with Crippen LogP contribution in [-0.4, -0.2) is 49.8 Å². The summed E-state index contributed by atoms with van der Waals surface area (Å²) in [5.41, 5.74) is 0. The van der Waals surface area contributed by atoms with E-state index in [-0.39, 0.29) is 0 Å². The minimum atomic E-state index is 0.494. The van der Waals surface area contributed by atoms with Gasteiger partial charge in [-0.15, -0.1) is 0 Å². The van der Waals surface area contributed by atoms with E-state index in [0.29, 0.717) is 18.2 Å². The molecule has 2 saturated heterocycles. The third-order valence-corrected chi connectivity index (χ3v) is 4.41. The third kappa shape index (κ3) is 3.67. The highest BCUT2D eigenvalue weighted by atomic mass is 16.5. The molecule has 0 spiro atoms. The zero-order valence-corrected chi connectivity index (χ0v) is 11.5. The van der Waals surface area contributed by atoms with Crippen LogP contribution in [0, 0.1) is 0 Å². The molecular weight excluding hydrogens is 212 g/mol. The molecular formula is C14H28N2O. The minimum absolute atomic E-state index is 0.494. The van der Waals surface area contributed by atoms with Crippen molar-refractivity contribution in [1.29, 1.82) is 0 Å². The molecule has 100 valence electrons. The van der Waals surface area contributed by atoms with Crippen LogP contribution in [-0.2, 0) is 4.74 Å². The highest BCUT2D eigenvalue weighted by molar-refractivity contribution is 4.86. The first-order valence-corrected chi connectivity index (χ1v) is 7.34. The maximum Gasteiger partial charge on any atom is 0.0702 e. The predicted octanol–water partition coefficient (Wildman–Crippen LogP) is 2.02. The van der Waals surface area contributed by atoms with Gasteiger partial charge in [0.2, 0.25) is 0 Å². The number of hydrogen-bond acceptors (Lipinski definition) is 3. The third-order valence-electron chi connectivity index (χ3n) is 4.41. The van der Waals surface area contributed by atoms with Crippen molar-refractivity contribution in [1.82, 2.24) is 10.2 Å². The summed E-state index contributed by atoms with van der Waals surface area (Å²) >= 11 is 0. The summed E-state index contributed by atoms with van der Waals surface area (Å²) in [4.78, 5) is 2.67. The number of nitrogens with one attached hydrogen (secondary N) is 1. The molecule has 0 saturated carbocycles. The van der Waals surface area contributed by atoms with E-state index in [1.54, 1.807) is 0 Å². The van der Waals surface area contributed by atoms with Crippen molar-refractivity contribution in [3.63, 3.8) is 0 Å². The van der Waals surface area contributed by atoms with Crippen LogP contribution in [0.25, 0.3) is 0 Å². The largest absolute Gasteiger partial charge is 0.377 e. The fourth-order valence-electron chi connectivity index (χ4n) is 3.22. The van der Waals surface area contributed by atoms with Crippen LogP contribution < -0.4 is 5.32 Å². The first kappa shape index (κ1) is 13.3. The average molecular weight is 240 g/mol. The highest BCUT2D eigenvalue weighted by Crippen LogP contribution is 2.22. The summed E-state index contributed by atoms with van der Waals surface area (Å²) in [5, 5.41) is 3.42. The average Bonchev–Trinajstić information content (AvgIpc) is 2.40. The molecule has 0 bridgehead atoms. The number of ether oxygens (including phenoxy) is 1. The predicted molar refractivity (Wildman–Crippen MR) is 71.3 cm³/mol. The smallest absolute Gasteiger partial charge is 0.0702 e. The molecule has 0 radical (unpaired) electrons. The van der Waals surface area contributed by atoms with Crippen molar-refractivity contribution in [2.75, 3.05) is 26.7 Å². The van der Waals surface area contributed by atoms with Gasteiger partial charge in [0.1, 0.15) is 0 Å². The van der Waals surface area contributed by atoms with E-state index in [9.17, 15) is 0 Å². The van der Waals surface area contributed by atoms with E-state index in [1.165, 1.54) is 45.1 Å². The maximum absolute atomic E-state index is 5.88. The quantitative estimate of drug-likeness (QED) is 0.813. The first-order valence-electron chi connectivity index (χ1n) is 7.34. The molecule has 3 heteroatoms. The molecule has 3 unspecified atom stereocenters. The van der Waals surface area contributed by atoms with Gasteiger partial charge in [-0.25, -0.2) is 0 Å². The zero-order chi connectivity index (χ0) is 12.1. The van der Waals surface area contributed by atoms with Crippen molar-refractivity contribution >= 4 is 0 Å². The Kier molecular flexibility index (Phi) is 5.26. The Balaban J connectivity index is 1.86. The number of hydrogen-bond donors (Lipinski definition) is 1. The Morgan fingerprint density at radius 1 is 1.24 bits per heavy atom. The lowest BCUT2D eigenvalue weighted by molar-refractivity contribution is -0.0226. The lowest BCUT2D eigenvalue weighted by atomic mass is 9.95. The molecule has 2 rings (SSSR count). The van der Waals surface area contributed by atoms with Crippen molar-refractivity contribution in [2.24, 2.45) is 0 Å². The molecule has 2 aliphatic rings. The van der Waals surface area contributed by atoms with Crippen molar-refractivity contribution in [3.05, 3.63) is 0 Å². The van der Waals surface area contributed by atoms with Crippen LogP contribution in [0.15, 0.2) is 0 Å². The second-order valence-corrected chi connectivity index (χ2v) is 5.62. The summed E-state index contributed by atoms with van der Waals surface area (Å²) in [6.45, 7) is 5.70. The summed E-state index contributed by atoms with van der Waals surface area (Å²) in [7, 11) is 2.08. The molecule has 0 aliphatic carbocycles. The molecule has 2 heterocycles. The van der Waals surface area contributed by atoms with Gasteiger partial charge < -0.3 is 10.1 Å². The topological polar surface area (TPSA) is 24.5 Å². The molecule has 1 N–H and O–H groups in total. The van der Waals surface area contributed by atoms with E-state index in [0.717, 1.165) is 13.2 Å². The summed E-state index contributed by atoms with van der Waals surface area (Å²) < 4.78 is 5.88. The fourth-order valence-corrected chi connectivity index (χ4v) is 3.22. The summed E-state index contributed by atoms with van der Waals surface area (Å²) in [6, 6.07) is 1.30. The monoisotopic (exact) mass is 240 g/mol. The van der Waals surface area contributed by atoms with E-state index in [2.05, 4.69) is 24.2 Å². The molecule has 0 amide bonds. The second kappa shape index (κ2) is 6.72. The molecule has 0 aromatic carbocycles. The second-order valence-electron chi connectivity index (χ2n) is 5.62. The van der Waals surface area contributed by atoms with Crippen molar-refractivity contribution in [3.8, 4) is 0 Å². The Labute approximate surface area is 106 Å². The van der Waals surface area contributed by atoms with Crippen LogP contribution in [0.1, 0.15) is 45.4 Å². The molecule has 17 heavy (non-hydrogen) atoms. The van der Waals surface area contributed by atoms with Crippen LogP contribution in [0.2, 0.25) is 0 Å². The lowest BCUT2D eigenvalue weighted by Gasteiger charge is -2.41. The van der Waals surface area contributed by atoms with Crippen LogP contribution >= 0.6 is 0 Å².